The average Bonchev–Trinajstić information content (AvgIpc) is 2.56. The Kier molecular flexibility index (Phi) is 6.20. The van der Waals surface area contributed by atoms with E-state index < -0.39 is 11.8 Å². The molecule has 4 nitrogen and oxygen atoms in total. The number of hydrogen-bond acceptors (Lipinski definition) is 2. The van der Waals surface area contributed by atoms with Gasteiger partial charge in [-0.3, -0.25) is 9.59 Å². The van der Waals surface area contributed by atoms with Gasteiger partial charge in [0.05, 0.1) is 0 Å². The molecular formula is C19H28N2O2. The number of nitrogens with one attached hydrogen (secondary N) is 2. The normalized spacial score (nSPS) is 21.0. The molecule has 1 saturated carbocycles. The fraction of sp³-hybridized carbons (Fsp3) is 0.579. The highest BCUT2D eigenvalue weighted by Crippen LogP contribution is 2.26. The second-order valence-electron chi connectivity index (χ2n) is 6.83. The molecule has 0 bridgehead atoms. The summed E-state index contributed by atoms with van der Waals surface area (Å²) >= 11 is 0. The minimum Gasteiger partial charge on any atom is -0.345 e. The van der Waals surface area contributed by atoms with Gasteiger partial charge < -0.3 is 10.6 Å². The van der Waals surface area contributed by atoms with E-state index in [1.807, 2.05) is 24.3 Å². The zero-order valence-electron chi connectivity index (χ0n) is 14.4. The van der Waals surface area contributed by atoms with Gasteiger partial charge in [-0.2, -0.15) is 0 Å². The third-order valence-electron chi connectivity index (χ3n) is 4.80. The molecule has 1 aliphatic carbocycles. The molecule has 0 saturated heterocycles. The van der Waals surface area contributed by atoms with Crippen LogP contribution in [-0.4, -0.2) is 17.9 Å². The molecule has 4 heteroatoms. The maximum absolute atomic E-state index is 12.0. The van der Waals surface area contributed by atoms with Gasteiger partial charge in [-0.25, -0.2) is 0 Å². The lowest BCUT2D eigenvalue weighted by Gasteiger charge is -2.28. The lowest BCUT2D eigenvalue weighted by Crippen LogP contribution is -2.43. The second-order valence-corrected chi connectivity index (χ2v) is 6.83. The maximum Gasteiger partial charge on any atom is 0.313 e. The Morgan fingerprint density at radius 1 is 1.04 bits per heavy atom. The van der Waals surface area contributed by atoms with Crippen LogP contribution in [0.15, 0.2) is 24.3 Å². The molecular weight excluding hydrogens is 288 g/mol. The van der Waals surface area contributed by atoms with Crippen molar-refractivity contribution < 1.29 is 9.59 Å². The maximum atomic E-state index is 12.0. The van der Waals surface area contributed by atoms with E-state index in [1.54, 1.807) is 0 Å². The van der Waals surface area contributed by atoms with Crippen LogP contribution < -0.4 is 10.6 Å². The lowest BCUT2D eigenvalue weighted by molar-refractivity contribution is -0.136. The number of hydrogen-bond donors (Lipinski definition) is 2. The molecule has 2 rings (SSSR count). The largest absolute Gasteiger partial charge is 0.345 e. The summed E-state index contributed by atoms with van der Waals surface area (Å²) in [6, 6.07) is 7.77. The zero-order chi connectivity index (χ0) is 16.8. The minimum atomic E-state index is -0.583. The fourth-order valence-corrected chi connectivity index (χ4v) is 3.11. The monoisotopic (exact) mass is 316 g/mol. The van der Waals surface area contributed by atoms with E-state index in [2.05, 4.69) is 31.4 Å². The van der Waals surface area contributed by atoms with E-state index in [4.69, 9.17) is 0 Å². The van der Waals surface area contributed by atoms with Crippen molar-refractivity contribution in [3.63, 3.8) is 0 Å². The van der Waals surface area contributed by atoms with Crippen LogP contribution in [0.4, 0.5) is 5.69 Å². The predicted octanol–water partition coefficient (Wildman–Crippen LogP) is 3.83. The van der Waals surface area contributed by atoms with Crippen molar-refractivity contribution in [1.29, 1.82) is 0 Å². The summed E-state index contributed by atoms with van der Waals surface area (Å²) in [5.41, 5.74) is 1.87. The predicted molar refractivity (Wildman–Crippen MR) is 93.3 cm³/mol. The Labute approximate surface area is 139 Å². The van der Waals surface area contributed by atoms with Gasteiger partial charge in [-0.1, -0.05) is 39.3 Å². The molecule has 1 aliphatic rings. The van der Waals surface area contributed by atoms with Gasteiger partial charge in [0, 0.05) is 11.7 Å². The quantitative estimate of drug-likeness (QED) is 0.829. The van der Waals surface area contributed by atoms with Crippen molar-refractivity contribution in [2.75, 3.05) is 5.32 Å². The molecule has 2 amide bonds. The van der Waals surface area contributed by atoms with Gasteiger partial charge in [-0.05, 0) is 55.2 Å². The highest BCUT2D eigenvalue weighted by Gasteiger charge is 2.23. The fourth-order valence-electron chi connectivity index (χ4n) is 3.11. The van der Waals surface area contributed by atoms with Crippen LogP contribution in [0, 0.1) is 5.92 Å². The van der Waals surface area contributed by atoms with Crippen molar-refractivity contribution in [3.8, 4) is 0 Å². The SMILES string of the molecule is CCC1CCC(NC(=O)C(=O)Nc2ccc(C(C)C)cc2)CC1. The Bertz CT molecular complexity index is 529. The van der Waals surface area contributed by atoms with Crippen molar-refractivity contribution in [1.82, 2.24) is 5.32 Å². The van der Waals surface area contributed by atoms with Crippen LogP contribution in [0.1, 0.15) is 64.4 Å². The van der Waals surface area contributed by atoms with Gasteiger partial charge in [0.2, 0.25) is 0 Å². The van der Waals surface area contributed by atoms with E-state index in [9.17, 15) is 9.59 Å². The summed E-state index contributed by atoms with van der Waals surface area (Å²) in [4.78, 5) is 24.0. The summed E-state index contributed by atoms with van der Waals surface area (Å²) in [5, 5.41) is 5.53. The molecule has 0 heterocycles. The third-order valence-corrected chi connectivity index (χ3v) is 4.80. The molecule has 0 aromatic heterocycles. The van der Waals surface area contributed by atoms with E-state index in [-0.39, 0.29) is 6.04 Å². The summed E-state index contributed by atoms with van der Waals surface area (Å²) < 4.78 is 0. The van der Waals surface area contributed by atoms with E-state index in [0.29, 0.717) is 11.6 Å². The van der Waals surface area contributed by atoms with Crippen LogP contribution in [0.5, 0.6) is 0 Å². The highest BCUT2D eigenvalue weighted by molar-refractivity contribution is 6.39. The van der Waals surface area contributed by atoms with Gasteiger partial charge >= 0.3 is 11.8 Å². The first kappa shape index (κ1) is 17.5. The minimum absolute atomic E-state index is 0.138. The Morgan fingerprint density at radius 2 is 1.65 bits per heavy atom. The zero-order valence-corrected chi connectivity index (χ0v) is 14.4. The van der Waals surface area contributed by atoms with Gasteiger partial charge in [-0.15, -0.1) is 0 Å². The first-order valence-electron chi connectivity index (χ1n) is 8.71. The van der Waals surface area contributed by atoms with Gasteiger partial charge in [0.15, 0.2) is 0 Å². The summed E-state index contributed by atoms with van der Waals surface area (Å²) in [5.74, 6) is 0.107. The van der Waals surface area contributed by atoms with Crippen LogP contribution >= 0.6 is 0 Å². The van der Waals surface area contributed by atoms with Crippen LogP contribution in [0.2, 0.25) is 0 Å². The number of rotatable bonds is 4. The molecule has 0 radical (unpaired) electrons. The molecule has 23 heavy (non-hydrogen) atoms. The van der Waals surface area contributed by atoms with Crippen LogP contribution in [0.25, 0.3) is 0 Å². The molecule has 1 aromatic carbocycles. The summed E-state index contributed by atoms with van der Waals surface area (Å²) in [6.07, 6.45) is 5.42. The van der Waals surface area contributed by atoms with Crippen molar-refractivity contribution >= 4 is 17.5 Å². The van der Waals surface area contributed by atoms with E-state index in [1.165, 1.54) is 12.0 Å². The molecule has 0 atom stereocenters. The number of carbonyl (C=O) groups is 2. The van der Waals surface area contributed by atoms with Crippen molar-refractivity contribution in [2.45, 2.75) is 64.8 Å². The lowest BCUT2D eigenvalue weighted by atomic mass is 9.84. The van der Waals surface area contributed by atoms with Crippen LogP contribution in [0.3, 0.4) is 0 Å². The first-order valence-corrected chi connectivity index (χ1v) is 8.71. The van der Waals surface area contributed by atoms with Crippen molar-refractivity contribution in [3.05, 3.63) is 29.8 Å². The number of anilines is 1. The molecule has 126 valence electrons. The molecule has 0 unspecified atom stereocenters. The molecule has 1 fully saturated rings. The molecule has 0 spiro atoms. The number of benzene rings is 1. The van der Waals surface area contributed by atoms with E-state index in [0.717, 1.165) is 31.6 Å². The summed E-state index contributed by atoms with van der Waals surface area (Å²) in [7, 11) is 0. The third kappa shape index (κ3) is 5.08. The summed E-state index contributed by atoms with van der Waals surface area (Å²) in [6.45, 7) is 6.45. The van der Waals surface area contributed by atoms with E-state index >= 15 is 0 Å². The molecule has 2 N–H and O–H groups in total. The van der Waals surface area contributed by atoms with Gasteiger partial charge in [0.1, 0.15) is 0 Å². The Hall–Kier alpha value is -1.84. The molecule has 0 aliphatic heterocycles. The number of carbonyl (C=O) groups excluding carboxylic acids is 2. The second kappa shape index (κ2) is 8.14. The topological polar surface area (TPSA) is 58.2 Å². The standard InChI is InChI=1S/C19H28N2O2/c1-4-14-5-9-16(10-6-14)20-18(22)19(23)21-17-11-7-15(8-12-17)13(2)3/h7-8,11-14,16H,4-6,9-10H2,1-3H3,(H,20,22)(H,21,23). The Morgan fingerprint density at radius 3 is 2.17 bits per heavy atom. The van der Waals surface area contributed by atoms with Crippen LogP contribution in [-0.2, 0) is 9.59 Å². The first-order chi connectivity index (χ1) is 11.0. The average molecular weight is 316 g/mol. The number of amides is 2. The molecule has 1 aromatic rings. The van der Waals surface area contributed by atoms with Crippen molar-refractivity contribution in [2.24, 2.45) is 5.92 Å². The van der Waals surface area contributed by atoms with Gasteiger partial charge in [0.25, 0.3) is 0 Å². The highest BCUT2D eigenvalue weighted by atomic mass is 16.2. The Balaban J connectivity index is 1.82. The smallest absolute Gasteiger partial charge is 0.313 e.